The van der Waals surface area contributed by atoms with Gasteiger partial charge in [-0.3, -0.25) is 10.1 Å². The minimum absolute atomic E-state index is 0.146. The Balaban J connectivity index is 2.28. The predicted molar refractivity (Wildman–Crippen MR) is 56.6 cm³/mol. The number of aryl methyl sites for hydroxylation is 1. The minimum Gasteiger partial charge on any atom is -0.382 e. The van der Waals surface area contributed by atoms with E-state index in [-0.39, 0.29) is 5.69 Å². The van der Waals surface area contributed by atoms with Crippen molar-refractivity contribution >= 4 is 0 Å². The van der Waals surface area contributed by atoms with Crippen LogP contribution in [0.25, 0.3) is 0 Å². The number of hydrogen-bond donors (Lipinski definition) is 2. The number of alkyl halides is 3. The third-order valence-corrected chi connectivity index (χ3v) is 2.56. The van der Waals surface area contributed by atoms with Gasteiger partial charge in [0.25, 0.3) is 0 Å². The van der Waals surface area contributed by atoms with E-state index in [1.165, 1.54) is 6.20 Å². The second kappa shape index (κ2) is 4.41. The molecular weight excluding hydrogens is 247 g/mol. The first-order chi connectivity index (χ1) is 8.39. The number of rotatable bonds is 2. The predicted octanol–water partition coefficient (Wildman–Crippen LogP) is 2.21. The van der Waals surface area contributed by atoms with E-state index in [0.717, 1.165) is 12.1 Å². The highest BCUT2D eigenvalue weighted by molar-refractivity contribution is 5.28. The number of aliphatic hydroxyl groups is 1. The molecule has 0 saturated carbocycles. The summed E-state index contributed by atoms with van der Waals surface area (Å²) < 4.78 is 37.0. The van der Waals surface area contributed by atoms with Crippen LogP contribution in [0.1, 0.15) is 28.6 Å². The molecule has 96 valence electrons. The maximum atomic E-state index is 12.3. The average Bonchev–Trinajstić information content (AvgIpc) is 2.73. The van der Waals surface area contributed by atoms with Crippen molar-refractivity contribution in [2.45, 2.75) is 19.2 Å². The SMILES string of the molecule is Cc1[nH]ncc1C(O)c1ccc(C(F)(F)F)cn1. The first kappa shape index (κ1) is 12.6. The number of nitrogens with zero attached hydrogens (tertiary/aromatic N) is 2. The smallest absolute Gasteiger partial charge is 0.382 e. The lowest BCUT2D eigenvalue weighted by molar-refractivity contribution is -0.137. The van der Waals surface area contributed by atoms with Crippen LogP contribution in [0.5, 0.6) is 0 Å². The molecule has 0 amide bonds. The largest absolute Gasteiger partial charge is 0.417 e. The van der Waals surface area contributed by atoms with Crippen molar-refractivity contribution in [2.24, 2.45) is 0 Å². The van der Waals surface area contributed by atoms with Crippen LogP contribution < -0.4 is 0 Å². The Hall–Kier alpha value is -1.89. The van der Waals surface area contributed by atoms with E-state index in [1.807, 2.05) is 0 Å². The van der Waals surface area contributed by atoms with Crippen molar-refractivity contribution in [3.8, 4) is 0 Å². The maximum Gasteiger partial charge on any atom is 0.417 e. The molecule has 2 aromatic rings. The molecule has 0 aliphatic rings. The molecule has 4 nitrogen and oxygen atoms in total. The number of halogens is 3. The Kier molecular flexibility index (Phi) is 3.08. The first-order valence-corrected chi connectivity index (χ1v) is 5.10. The van der Waals surface area contributed by atoms with Crippen molar-refractivity contribution in [3.63, 3.8) is 0 Å². The number of nitrogens with one attached hydrogen (secondary N) is 1. The third-order valence-electron chi connectivity index (χ3n) is 2.56. The Morgan fingerprint density at radius 2 is 2.00 bits per heavy atom. The second-order valence-electron chi connectivity index (χ2n) is 3.82. The number of pyridine rings is 1. The quantitative estimate of drug-likeness (QED) is 0.867. The zero-order valence-electron chi connectivity index (χ0n) is 9.36. The molecule has 0 aliphatic carbocycles. The molecule has 7 heteroatoms. The van der Waals surface area contributed by atoms with E-state index in [1.54, 1.807) is 6.92 Å². The topological polar surface area (TPSA) is 61.8 Å². The van der Waals surface area contributed by atoms with E-state index < -0.39 is 17.8 Å². The minimum atomic E-state index is -4.43. The van der Waals surface area contributed by atoms with Gasteiger partial charge in [-0.1, -0.05) is 0 Å². The lowest BCUT2D eigenvalue weighted by Crippen LogP contribution is -2.08. The standard InChI is InChI=1S/C11H10F3N3O/c1-6-8(5-16-17-6)10(18)9-3-2-7(4-15-9)11(12,13)14/h2-5,10,18H,1H3,(H,16,17). The second-order valence-corrected chi connectivity index (χ2v) is 3.82. The van der Waals surface area contributed by atoms with Gasteiger partial charge < -0.3 is 5.11 Å². The Labute approximate surface area is 100 Å². The van der Waals surface area contributed by atoms with Crippen LogP contribution >= 0.6 is 0 Å². The van der Waals surface area contributed by atoms with Crippen molar-refractivity contribution in [3.05, 3.63) is 47.0 Å². The van der Waals surface area contributed by atoms with Crippen LogP contribution in [0.15, 0.2) is 24.5 Å². The summed E-state index contributed by atoms with van der Waals surface area (Å²) in [5, 5.41) is 16.3. The van der Waals surface area contributed by atoms with Crippen LogP contribution in [0.2, 0.25) is 0 Å². The molecule has 1 atom stereocenters. The van der Waals surface area contributed by atoms with Gasteiger partial charge in [-0.2, -0.15) is 18.3 Å². The fourth-order valence-electron chi connectivity index (χ4n) is 1.53. The molecule has 18 heavy (non-hydrogen) atoms. The van der Waals surface area contributed by atoms with Crippen molar-refractivity contribution in [1.29, 1.82) is 0 Å². The van der Waals surface area contributed by atoms with Gasteiger partial charge in [-0.15, -0.1) is 0 Å². The van der Waals surface area contributed by atoms with Crippen LogP contribution in [-0.4, -0.2) is 20.3 Å². The van der Waals surface area contributed by atoms with E-state index in [0.29, 0.717) is 17.5 Å². The third kappa shape index (κ3) is 2.35. The summed E-state index contributed by atoms with van der Waals surface area (Å²) in [6, 6.07) is 2.04. The van der Waals surface area contributed by atoms with Gasteiger partial charge in [-0.25, -0.2) is 0 Å². The summed E-state index contributed by atoms with van der Waals surface area (Å²) >= 11 is 0. The van der Waals surface area contributed by atoms with Crippen LogP contribution in [0.3, 0.4) is 0 Å². The molecule has 0 saturated heterocycles. The molecule has 2 rings (SSSR count). The van der Waals surface area contributed by atoms with E-state index >= 15 is 0 Å². The summed E-state index contributed by atoms with van der Waals surface area (Å²) in [7, 11) is 0. The van der Waals surface area contributed by atoms with Crippen LogP contribution in [0.4, 0.5) is 13.2 Å². The van der Waals surface area contributed by atoms with Gasteiger partial charge in [0.2, 0.25) is 0 Å². The molecule has 0 aliphatic heterocycles. The highest BCUT2D eigenvalue weighted by Gasteiger charge is 2.31. The lowest BCUT2D eigenvalue weighted by atomic mass is 10.1. The monoisotopic (exact) mass is 257 g/mol. The fraction of sp³-hybridized carbons (Fsp3) is 0.273. The van der Waals surface area contributed by atoms with Gasteiger partial charge in [0.05, 0.1) is 17.5 Å². The van der Waals surface area contributed by atoms with Crippen molar-refractivity contribution < 1.29 is 18.3 Å². The molecule has 2 aromatic heterocycles. The molecule has 2 heterocycles. The van der Waals surface area contributed by atoms with Gasteiger partial charge in [0.1, 0.15) is 6.10 Å². The molecule has 0 fully saturated rings. The van der Waals surface area contributed by atoms with Gasteiger partial charge >= 0.3 is 6.18 Å². The molecule has 0 aromatic carbocycles. The van der Waals surface area contributed by atoms with Gasteiger partial charge in [0.15, 0.2) is 0 Å². The average molecular weight is 257 g/mol. The number of aliphatic hydroxyl groups excluding tert-OH is 1. The molecular formula is C11H10F3N3O. The lowest BCUT2D eigenvalue weighted by Gasteiger charge is -2.11. The number of aromatic amines is 1. The van der Waals surface area contributed by atoms with E-state index in [9.17, 15) is 18.3 Å². The number of H-pyrrole nitrogens is 1. The Bertz CT molecular complexity index is 533. The number of hydrogen-bond acceptors (Lipinski definition) is 3. The fourth-order valence-corrected chi connectivity index (χ4v) is 1.53. The molecule has 0 spiro atoms. The molecule has 0 bridgehead atoms. The van der Waals surface area contributed by atoms with Gasteiger partial charge in [0, 0.05) is 17.5 Å². The normalized spacial score (nSPS) is 13.6. The van der Waals surface area contributed by atoms with E-state index in [4.69, 9.17) is 0 Å². The summed E-state index contributed by atoms with van der Waals surface area (Å²) in [6.07, 6.45) is -3.40. The highest BCUT2D eigenvalue weighted by Crippen LogP contribution is 2.29. The Morgan fingerprint density at radius 3 is 2.44 bits per heavy atom. The van der Waals surface area contributed by atoms with E-state index in [2.05, 4.69) is 15.2 Å². The number of aromatic nitrogens is 3. The van der Waals surface area contributed by atoms with Crippen molar-refractivity contribution in [1.82, 2.24) is 15.2 Å². The van der Waals surface area contributed by atoms with Crippen LogP contribution in [-0.2, 0) is 6.18 Å². The summed E-state index contributed by atoms with van der Waals surface area (Å²) in [5.41, 5.74) is 0.432. The summed E-state index contributed by atoms with van der Waals surface area (Å²) in [5.74, 6) is 0. The first-order valence-electron chi connectivity index (χ1n) is 5.10. The molecule has 0 radical (unpaired) electrons. The summed E-state index contributed by atoms with van der Waals surface area (Å²) in [6.45, 7) is 1.70. The van der Waals surface area contributed by atoms with Crippen molar-refractivity contribution in [2.75, 3.05) is 0 Å². The molecule has 2 N–H and O–H groups in total. The van der Waals surface area contributed by atoms with Crippen LogP contribution in [0, 0.1) is 6.92 Å². The summed E-state index contributed by atoms with van der Waals surface area (Å²) in [4.78, 5) is 3.63. The Morgan fingerprint density at radius 1 is 1.28 bits per heavy atom. The van der Waals surface area contributed by atoms with Gasteiger partial charge in [-0.05, 0) is 19.1 Å². The zero-order valence-corrected chi connectivity index (χ0v) is 9.36. The molecule has 1 unspecified atom stereocenters. The zero-order chi connectivity index (χ0) is 13.3. The maximum absolute atomic E-state index is 12.3. The highest BCUT2D eigenvalue weighted by atomic mass is 19.4.